The van der Waals surface area contributed by atoms with Gasteiger partial charge in [0.05, 0.1) is 24.4 Å². The lowest BCUT2D eigenvalue weighted by molar-refractivity contribution is 0.891. The van der Waals surface area contributed by atoms with Crippen LogP contribution in [0.2, 0.25) is 0 Å². The minimum atomic E-state index is 0.280. The Balaban J connectivity index is 2.42. The number of benzene rings is 1. The summed E-state index contributed by atoms with van der Waals surface area (Å²) in [5, 5.41) is 12.8. The number of rotatable bonds is 2. The van der Waals surface area contributed by atoms with Crippen LogP contribution in [-0.4, -0.2) is 9.78 Å². The van der Waals surface area contributed by atoms with E-state index in [1.165, 1.54) is 0 Å². The van der Waals surface area contributed by atoms with Crippen molar-refractivity contribution in [1.82, 2.24) is 9.78 Å². The van der Waals surface area contributed by atoms with Gasteiger partial charge in [-0.3, -0.25) is 0 Å². The van der Waals surface area contributed by atoms with Crippen LogP contribution in [0, 0.1) is 11.3 Å². The maximum atomic E-state index is 8.61. The van der Waals surface area contributed by atoms with E-state index < -0.39 is 0 Å². The Morgan fingerprint density at radius 2 is 2.06 bits per heavy atom. The monoisotopic (exact) mass is 276 g/mol. The van der Waals surface area contributed by atoms with Gasteiger partial charge in [0, 0.05) is 10.0 Å². The number of hydrogen-bond donors (Lipinski definition) is 1. The maximum absolute atomic E-state index is 8.61. The summed E-state index contributed by atoms with van der Waals surface area (Å²) in [5.74, 6) is 0.517. The van der Waals surface area contributed by atoms with Crippen molar-refractivity contribution in [3.8, 4) is 11.8 Å². The average Bonchev–Trinajstić information content (AvgIpc) is 2.63. The molecule has 0 amide bonds. The van der Waals surface area contributed by atoms with Gasteiger partial charge in [0.25, 0.3) is 0 Å². The van der Waals surface area contributed by atoms with Crippen molar-refractivity contribution in [3.63, 3.8) is 0 Å². The van der Waals surface area contributed by atoms with Crippen LogP contribution < -0.4 is 5.73 Å². The highest BCUT2D eigenvalue weighted by Gasteiger charge is 2.08. The lowest BCUT2D eigenvalue weighted by atomic mass is 10.2. The van der Waals surface area contributed by atoms with Gasteiger partial charge in [-0.25, -0.2) is 4.68 Å². The van der Waals surface area contributed by atoms with Gasteiger partial charge in [0.15, 0.2) is 0 Å². The number of nitrogen functional groups attached to an aromatic ring is 1. The Bertz CT molecular complexity index is 536. The van der Waals surface area contributed by atoms with E-state index in [2.05, 4.69) is 27.1 Å². The molecule has 1 heterocycles. The molecule has 0 unspecified atom stereocenters. The van der Waals surface area contributed by atoms with E-state index in [-0.39, 0.29) is 6.42 Å². The van der Waals surface area contributed by atoms with Gasteiger partial charge >= 0.3 is 0 Å². The van der Waals surface area contributed by atoms with Gasteiger partial charge < -0.3 is 5.73 Å². The number of nitrogens with zero attached hydrogens (tertiary/aromatic N) is 3. The number of nitriles is 1. The average molecular weight is 277 g/mol. The summed E-state index contributed by atoms with van der Waals surface area (Å²) in [4.78, 5) is 0. The summed E-state index contributed by atoms with van der Waals surface area (Å²) in [6.07, 6.45) is 1.91. The van der Waals surface area contributed by atoms with E-state index in [0.29, 0.717) is 5.82 Å². The lowest BCUT2D eigenvalue weighted by Gasteiger charge is -2.04. The minimum absolute atomic E-state index is 0.280. The van der Waals surface area contributed by atoms with Crippen LogP contribution in [-0.2, 0) is 6.42 Å². The Kier molecular flexibility index (Phi) is 2.93. The molecule has 0 bridgehead atoms. The zero-order valence-electron chi connectivity index (χ0n) is 8.39. The molecule has 0 spiro atoms. The van der Waals surface area contributed by atoms with Gasteiger partial charge in [0.2, 0.25) is 0 Å². The van der Waals surface area contributed by atoms with Gasteiger partial charge in [0.1, 0.15) is 5.82 Å². The summed E-state index contributed by atoms with van der Waals surface area (Å²) >= 11 is 3.36. The zero-order chi connectivity index (χ0) is 11.5. The first-order valence-corrected chi connectivity index (χ1v) is 5.47. The normalized spacial score (nSPS) is 10.0. The topological polar surface area (TPSA) is 67.6 Å². The maximum Gasteiger partial charge on any atom is 0.131 e. The summed E-state index contributed by atoms with van der Waals surface area (Å²) in [6, 6.07) is 9.70. The van der Waals surface area contributed by atoms with Crippen LogP contribution in [0.3, 0.4) is 0 Å². The summed E-state index contributed by atoms with van der Waals surface area (Å²) in [5.41, 5.74) is 7.53. The second kappa shape index (κ2) is 4.37. The molecule has 0 fully saturated rings. The van der Waals surface area contributed by atoms with Gasteiger partial charge in [-0.2, -0.15) is 10.4 Å². The van der Waals surface area contributed by atoms with Crippen molar-refractivity contribution in [2.75, 3.05) is 5.73 Å². The SMILES string of the molecule is N#CCc1cnn(-c2ccc(Br)cc2)c1N. The standard InChI is InChI=1S/C11H9BrN4/c12-9-1-3-10(4-2-9)16-11(14)8(5-6-13)7-15-16/h1-4,7H,5,14H2. The molecule has 0 saturated carbocycles. The third kappa shape index (κ3) is 1.92. The summed E-state index contributed by atoms with van der Waals surface area (Å²) in [6.45, 7) is 0. The van der Waals surface area contributed by atoms with Crippen molar-refractivity contribution in [2.24, 2.45) is 0 Å². The predicted molar refractivity (Wildman–Crippen MR) is 65.0 cm³/mol. The van der Waals surface area contributed by atoms with Crippen molar-refractivity contribution in [3.05, 3.63) is 40.5 Å². The first kappa shape index (κ1) is 10.7. The summed E-state index contributed by atoms with van der Waals surface area (Å²) in [7, 11) is 0. The second-order valence-electron chi connectivity index (χ2n) is 3.28. The first-order chi connectivity index (χ1) is 7.72. The molecule has 0 radical (unpaired) electrons. The molecule has 5 heteroatoms. The third-order valence-electron chi connectivity index (χ3n) is 2.23. The molecule has 80 valence electrons. The Labute approximate surface area is 101 Å². The first-order valence-electron chi connectivity index (χ1n) is 4.67. The zero-order valence-corrected chi connectivity index (χ0v) is 9.98. The molecule has 0 aliphatic rings. The summed E-state index contributed by atoms with van der Waals surface area (Å²) < 4.78 is 2.62. The van der Waals surface area contributed by atoms with E-state index in [4.69, 9.17) is 11.0 Å². The molecule has 1 aromatic carbocycles. The van der Waals surface area contributed by atoms with E-state index in [9.17, 15) is 0 Å². The number of hydrogen-bond acceptors (Lipinski definition) is 3. The number of halogens is 1. The molecule has 2 aromatic rings. The van der Waals surface area contributed by atoms with Crippen LogP contribution in [0.25, 0.3) is 5.69 Å². The van der Waals surface area contributed by atoms with Crippen LogP contribution in [0.15, 0.2) is 34.9 Å². The quantitative estimate of drug-likeness (QED) is 0.915. The minimum Gasteiger partial charge on any atom is -0.383 e. The molecule has 0 saturated heterocycles. The number of aromatic nitrogens is 2. The van der Waals surface area contributed by atoms with Crippen molar-refractivity contribution in [2.45, 2.75) is 6.42 Å². The van der Waals surface area contributed by atoms with Crippen molar-refractivity contribution >= 4 is 21.7 Å². The molecule has 2 rings (SSSR count). The second-order valence-corrected chi connectivity index (χ2v) is 4.19. The lowest BCUT2D eigenvalue weighted by Crippen LogP contribution is -2.02. The van der Waals surface area contributed by atoms with Crippen LogP contribution in [0.4, 0.5) is 5.82 Å². The molecule has 1 aromatic heterocycles. The fourth-order valence-electron chi connectivity index (χ4n) is 1.40. The van der Waals surface area contributed by atoms with E-state index in [1.54, 1.807) is 10.9 Å². The molecular weight excluding hydrogens is 268 g/mol. The van der Waals surface area contributed by atoms with Gasteiger partial charge in [-0.05, 0) is 24.3 Å². The van der Waals surface area contributed by atoms with Gasteiger partial charge in [-0.1, -0.05) is 15.9 Å². The smallest absolute Gasteiger partial charge is 0.131 e. The number of anilines is 1. The molecule has 2 N–H and O–H groups in total. The fraction of sp³-hybridized carbons (Fsp3) is 0.0909. The van der Waals surface area contributed by atoms with Crippen LogP contribution in [0.1, 0.15) is 5.56 Å². The van der Waals surface area contributed by atoms with E-state index >= 15 is 0 Å². The highest BCUT2D eigenvalue weighted by Crippen LogP contribution is 2.19. The van der Waals surface area contributed by atoms with E-state index in [1.807, 2.05) is 24.3 Å². The molecule has 4 nitrogen and oxygen atoms in total. The molecular formula is C11H9BrN4. The highest BCUT2D eigenvalue weighted by molar-refractivity contribution is 9.10. The third-order valence-corrected chi connectivity index (χ3v) is 2.76. The number of nitrogens with two attached hydrogens (primary N) is 1. The van der Waals surface area contributed by atoms with Crippen LogP contribution in [0.5, 0.6) is 0 Å². The predicted octanol–water partition coefficient (Wildman–Crippen LogP) is 2.28. The van der Waals surface area contributed by atoms with Crippen molar-refractivity contribution in [1.29, 1.82) is 5.26 Å². The molecule has 0 atom stereocenters. The Hall–Kier alpha value is -1.80. The van der Waals surface area contributed by atoms with Crippen LogP contribution >= 0.6 is 15.9 Å². The largest absolute Gasteiger partial charge is 0.383 e. The molecule has 0 aliphatic carbocycles. The Morgan fingerprint density at radius 3 is 2.69 bits per heavy atom. The van der Waals surface area contributed by atoms with Gasteiger partial charge in [-0.15, -0.1) is 0 Å². The van der Waals surface area contributed by atoms with E-state index in [0.717, 1.165) is 15.7 Å². The fourth-order valence-corrected chi connectivity index (χ4v) is 1.67. The molecule has 0 aliphatic heterocycles. The molecule has 16 heavy (non-hydrogen) atoms. The highest BCUT2D eigenvalue weighted by atomic mass is 79.9. The Morgan fingerprint density at radius 1 is 1.38 bits per heavy atom. The van der Waals surface area contributed by atoms with Crippen molar-refractivity contribution < 1.29 is 0 Å².